The predicted octanol–water partition coefficient (Wildman–Crippen LogP) is 3.97. The number of nitrogens with one attached hydrogen (secondary N) is 1. The lowest BCUT2D eigenvalue weighted by molar-refractivity contribution is -0.137. The summed E-state index contributed by atoms with van der Waals surface area (Å²) >= 11 is 0. The molecule has 0 aromatic heterocycles. The largest absolute Gasteiger partial charge is 0.418 e. The zero-order valence-electron chi connectivity index (χ0n) is 13.5. The van der Waals surface area contributed by atoms with E-state index in [0.717, 1.165) is 12.6 Å². The minimum absolute atomic E-state index is 0.0501. The van der Waals surface area contributed by atoms with Gasteiger partial charge in [0.1, 0.15) is 0 Å². The molecule has 0 amide bonds. The number of anilines is 1. The van der Waals surface area contributed by atoms with E-state index in [0.29, 0.717) is 0 Å². The van der Waals surface area contributed by atoms with Crippen LogP contribution in [-0.4, -0.2) is 31.6 Å². The third kappa shape index (κ3) is 4.63. The van der Waals surface area contributed by atoms with Gasteiger partial charge in [0.15, 0.2) is 0 Å². The topological polar surface area (TPSA) is 39.1 Å². The SMILES string of the molecule is CC(Nc1cc(C#N)ccc1C(F)(F)F)C(C)(C)CN(C)C. The first-order chi connectivity index (χ1) is 9.97. The molecule has 0 aliphatic heterocycles. The molecule has 0 saturated carbocycles. The highest BCUT2D eigenvalue weighted by atomic mass is 19.4. The number of benzene rings is 1. The molecule has 1 unspecified atom stereocenters. The van der Waals surface area contributed by atoms with Crippen molar-refractivity contribution in [1.82, 2.24) is 4.90 Å². The van der Waals surface area contributed by atoms with Crippen LogP contribution in [0, 0.1) is 16.7 Å². The second-order valence-electron chi connectivity index (χ2n) is 6.46. The Balaban J connectivity index is 3.13. The molecule has 0 saturated heterocycles. The number of hydrogen-bond donors (Lipinski definition) is 1. The third-order valence-corrected chi connectivity index (χ3v) is 3.72. The molecule has 0 fully saturated rings. The fourth-order valence-electron chi connectivity index (χ4n) is 2.36. The molecule has 0 aliphatic rings. The van der Waals surface area contributed by atoms with Gasteiger partial charge in [-0.05, 0) is 44.6 Å². The maximum absolute atomic E-state index is 13.1. The van der Waals surface area contributed by atoms with Crippen molar-refractivity contribution in [2.24, 2.45) is 5.41 Å². The highest BCUT2D eigenvalue weighted by Gasteiger charge is 2.35. The van der Waals surface area contributed by atoms with Crippen LogP contribution >= 0.6 is 0 Å². The minimum atomic E-state index is -4.46. The van der Waals surface area contributed by atoms with Crippen LogP contribution in [0.5, 0.6) is 0 Å². The number of nitriles is 1. The Morgan fingerprint density at radius 1 is 1.27 bits per heavy atom. The Morgan fingerprint density at radius 2 is 1.86 bits per heavy atom. The number of hydrogen-bond acceptors (Lipinski definition) is 3. The van der Waals surface area contributed by atoms with E-state index < -0.39 is 11.7 Å². The first-order valence-corrected chi connectivity index (χ1v) is 7.00. The van der Waals surface area contributed by atoms with Crippen LogP contribution in [-0.2, 0) is 6.18 Å². The van der Waals surface area contributed by atoms with Gasteiger partial charge < -0.3 is 10.2 Å². The molecule has 1 rings (SSSR count). The minimum Gasteiger partial charge on any atom is -0.381 e. The highest BCUT2D eigenvalue weighted by molar-refractivity contribution is 5.57. The lowest BCUT2D eigenvalue weighted by Crippen LogP contribution is -2.41. The summed E-state index contributed by atoms with van der Waals surface area (Å²) in [7, 11) is 3.85. The van der Waals surface area contributed by atoms with Crippen LogP contribution in [0.25, 0.3) is 0 Å². The molecule has 22 heavy (non-hydrogen) atoms. The van der Waals surface area contributed by atoms with E-state index in [1.165, 1.54) is 12.1 Å². The van der Waals surface area contributed by atoms with E-state index in [1.807, 2.05) is 45.8 Å². The third-order valence-electron chi connectivity index (χ3n) is 3.72. The van der Waals surface area contributed by atoms with E-state index in [-0.39, 0.29) is 22.7 Å². The van der Waals surface area contributed by atoms with Crippen molar-refractivity contribution in [1.29, 1.82) is 5.26 Å². The van der Waals surface area contributed by atoms with Gasteiger partial charge in [0, 0.05) is 18.3 Å². The fourth-order valence-corrected chi connectivity index (χ4v) is 2.36. The number of nitrogens with zero attached hydrogens (tertiary/aromatic N) is 2. The zero-order valence-corrected chi connectivity index (χ0v) is 13.5. The first-order valence-electron chi connectivity index (χ1n) is 7.00. The fraction of sp³-hybridized carbons (Fsp3) is 0.562. The standard InChI is InChI=1S/C16H22F3N3/c1-11(15(2,3)10-22(4)5)21-14-8-12(9-20)6-7-13(14)16(17,18)19/h6-8,11,21H,10H2,1-5H3. The van der Waals surface area contributed by atoms with Crippen molar-refractivity contribution in [2.45, 2.75) is 33.0 Å². The van der Waals surface area contributed by atoms with Crippen LogP contribution < -0.4 is 5.32 Å². The van der Waals surface area contributed by atoms with Gasteiger partial charge in [-0.3, -0.25) is 0 Å². The van der Waals surface area contributed by atoms with Gasteiger partial charge in [0.25, 0.3) is 0 Å². The molecule has 0 radical (unpaired) electrons. The normalized spacial score (nSPS) is 13.8. The van der Waals surface area contributed by atoms with Crippen LogP contribution in [0.3, 0.4) is 0 Å². The van der Waals surface area contributed by atoms with Gasteiger partial charge in [0.2, 0.25) is 0 Å². The van der Waals surface area contributed by atoms with Gasteiger partial charge in [0.05, 0.1) is 17.2 Å². The highest BCUT2D eigenvalue weighted by Crippen LogP contribution is 2.36. The van der Waals surface area contributed by atoms with E-state index >= 15 is 0 Å². The van der Waals surface area contributed by atoms with Crippen LogP contribution in [0.2, 0.25) is 0 Å². The Labute approximate surface area is 129 Å². The predicted molar refractivity (Wildman–Crippen MR) is 81.6 cm³/mol. The van der Waals surface area contributed by atoms with Gasteiger partial charge >= 0.3 is 6.18 Å². The molecular formula is C16H22F3N3. The molecule has 1 aromatic rings. The Hall–Kier alpha value is -1.74. The second-order valence-corrected chi connectivity index (χ2v) is 6.46. The summed E-state index contributed by atoms with van der Waals surface area (Å²) in [4.78, 5) is 1.99. The number of rotatable bonds is 5. The van der Waals surface area contributed by atoms with Crippen molar-refractivity contribution >= 4 is 5.69 Å². The molecule has 0 aliphatic carbocycles. The molecule has 3 nitrogen and oxygen atoms in total. The van der Waals surface area contributed by atoms with Crippen LogP contribution in [0.15, 0.2) is 18.2 Å². The molecule has 6 heteroatoms. The van der Waals surface area contributed by atoms with Crippen molar-refractivity contribution in [3.05, 3.63) is 29.3 Å². The number of halogens is 3. The molecule has 0 bridgehead atoms. The molecular weight excluding hydrogens is 291 g/mol. The molecule has 122 valence electrons. The summed E-state index contributed by atoms with van der Waals surface area (Å²) in [5, 5.41) is 11.8. The van der Waals surface area contributed by atoms with E-state index in [9.17, 15) is 13.2 Å². The maximum atomic E-state index is 13.1. The monoisotopic (exact) mass is 313 g/mol. The first kappa shape index (κ1) is 18.3. The summed E-state index contributed by atoms with van der Waals surface area (Å²) in [6.45, 7) is 6.56. The Morgan fingerprint density at radius 3 is 2.32 bits per heavy atom. The average Bonchev–Trinajstić information content (AvgIpc) is 2.35. The van der Waals surface area contributed by atoms with Crippen molar-refractivity contribution in [2.75, 3.05) is 26.0 Å². The van der Waals surface area contributed by atoms with Gasteiger partial charge in [-0.1, -0.05) is 13.8 Å². The molecule has 0 heterocycles. The van der Waals surface area contributed by atoms with Crippen LogP contribution in [0.4, 0.5) is 18.9 Å². The van der Waals surface area contributed by atoms with E-state index in [1.54, 1.807) is 0 Å². The molecule has 0 spiro atoms. The number of alkyl halides is 3. The van der Waals surface area contributed by atoms with Crippen molar-refractivity contribution in [3.8, 4) is 6.07 Å². The smallest absolute Gasteiger partial charge is 0.381 e. The summed E-state index contributed by atoms with van der Waals surface area (Å²) in [6, 6.07) is 5.06. The quantitative estimate of drug-likeness (QED) is 0.894. The second kappa shape index (κ2) is 6.57. The summed E-state index contributed by atoms with van der Waals surface area (Å²) in [5.74, 6) is 0. The molecule has 1 aromatic carbocycles. The van der Waals surface area contributed by atoms with Crippen molar-refractivity contribution < 1.29 is 13.2 Å². The molecule has 1 atom stereocenters. The molecule has 1 N–H and O–H groups in total. The Bertz CT molecular complexity index is 557. The maximum Gasteiger partial charge on any atom is 0.418 e. The van der Waals surface area contributed by atoms with Gasteiger partial charge in [-0.2, -0.15) is 18.4 Å². The summed E-state index contributed by atoms with van der Waals surface area (Å²) in [6.07, 6.45) is -4.46. The summed E-state index contributed by atoms with van der Waals surface area (Å²) < 4.78 is 39.3. The van der Waals surface area contributed by atoms with Crippen LogP contribution in [0.1, 0.15) is 31.9 Å². The van der Waals surface area contributed by atoms with Crippen molar-refractivity contribution in [3.63, 3.8) is 0 Å². The zero-order chi connectivity index (χ0) is 17.1. The lowest BCUT2D eigenvalue weighted by atomic mass is 9.84. The van der Waals surface area contributed by atoms with Gasteiger partial charge in [-0.15, -0.1) is 0 Å². The van der Waals surface area contributed by atoms with E-state index in [2.05, 4.69) is 5.32 Å². The van der Waals surface area contributed by atoms with E-state index in [4.69, 9.17) is 5.26 Å². The average molecular weight is 313 g/mol. The van der Waals surface area contributed by atoms with Gasteiger partial charge in [-0.25, -0.2) is 0 Å². The Kier molecular flexibility index (Phi) is 5.47. The summed E-state index contributed by atoms with van der Waals surface area (Å²) in [5.41, 5.74) is -0.840. The lowest BCUT2D eigenvalue weighted by Gasteiger charge is -2.36.